The predicted molar refractivity (Wildman–Crippen MR) is 211 cm³/mol. The van der Waals surface area contributed by atoms with Crippen LogP contribution in [0.5, 0.6) is 5.75 Å². The van der Waals surface area contributed by atoms with Crippen molar-refractivity contribution < 1.29 is 43.6 Å². The van der Waals surface area contributed by atoms with E-state index in [9.17, 15) is 29.4 Å². The molecular weight excluding hydrogens is 727 g/mol. The van der Waals surface area contributed by atoms with Gasteiger partial charge in [-0.05, 0) is 68.8 Å². The molecule has 1 aromatic carbocycles. The Bertz CT molecular complexity index is 1510. The summed E-state index contributed by atoms with van der Waals surface area (Å²) < 4.78 is 16.9. The van der Waals surface area contributed by atoms with E-state index in [2.05, 4.69) is 20.5 Å². The second kappa shape index (κ2) is 22.8. The third kappa shape index (κ3) is 13.8. The highest BCUT2D eigenvalue weighted by Crippen LogP contribution is 2.32. The number of amides is 3. The lowest BCUT2D eigenvalue weighted by Gasteiger charge is -2.40. The van der Waals surface area contributed by atoms with Crippen molar-refractivity contribution in [1.82, 2.24) is 25.4 Å². The number of carboxylic acids is 1. The number of aliphatic carboxylic acids is 1. The molecule has 0 bridgehead atoms. The molecule has 7 atom stereocenters. The van der Waals surface area contributed by atoms with Crippen molar-refractivity contribution in [3.63, 3.8) is 0 Å². The Morgan fingerprint density at radius 1 is 1.04 bits per heavy atom. The number of thiazole rings is 1. The average Bonchev–Trinajstić information content (AvgIpc) is 3.65. The van der Waals surface area contributed by atoms with Crippen molar-refractivity contribution >= 4 is 35.0 Å². The second-order valence-electron chi connectivity index (χ2n) is 15.1. The van der Waals surface area contributed by atoms with Gasteiger partial charge in [-0.3, -0.25) is 24.1 Å². The lowest BCUT2D eigenvalue weighted by Crippen LogP contribution is -2.59. The number of carboxylic acid groups (broad SMARTS) is 1. The van der Waals surface area contributed by atoms with Gasteiger partial charge in [-0.2, -0.15) is 0 Å². The number of carbonyl (C=O) groups excluding carboxylic acids is 3. The first-order chi connectivity index (χ1) is 26.2. The van der Waals surface area contributed by atoms with E-state index in [-0.39, 0.29) is 60.4 Å². The fraction of sp³-hybridized carbons (Fsp3) is 0.675. The number of phenols is 1. The Labute approximate surface area is 330 Å². The van der Waals surface area contributed by atoms with Crippen molar-refractivity contribution in [3.8, 4) is 5.75 Å². The number of likely N-dealkylation sites (N-methyl/N-ethyl adjacent to an activating group) is 1. The molecule has 0 saturated carbocycles. The highest BCUT2D eigenvalue weighted by atomic mass is 32.1. The number of benzene rings is 1. The highest BCUT2D eigenvalue weighted by Gasteiger charge is 2.38. The third-order valence-electron chi connectivity index (χ3n) is 10.5. The zero-order chi connectivity index (χ0) is 40.7. The van der Waals surface area contributed by atoms with Crippen LogP contribution in [-0.4, -0.2) is 121 Å². The number of methoxy groups -OCH3 is 2. The van der Waals surface area contributed by atoms with Crippen LogP contribution in [0.1, 0.15) is 100 Å². The Kier molecular flexibility index (Phi) is 19.0. The number of nitrogens with one attached hydrogen (secondary N) is 2. The number of aromatic nitrogens is 1. The van der Waals surface area contributed by atoms with Crippen LogP contribution in [0.3, 0.4) is 0 Å². The van der Waals surface area contributed by atoms with Gasteiger partial charge in [0.2, 0.25) is 11.8 Å². The van der Waals surface area contributed by atoms with Crippen molar-refractivity contribution in [2.75, 3.05) is 47.8 Å². The monoisotopic (exact) mass is 789 g/mol. The minimum Gasteiger partial charge on any atom is -0.508 e. The van der Waals surface area contributed by atoms with E-state index >= 15 is 0 Å². The zero-order valence-corrected chi connectivity index (χ0v) is 34.6. The van der Waals surface area contributed by atoms with Gasteiger partial charge in [-0.25, -0.2) is 4.98 Å². The number of nitrogens with zero attached hydrogens (tertiary/aromatic N) is 3. The average molecular weight is 790 g/mol. The Hall–Kier alpha value is -3.63. The molecule has 4 N–H and O–H groups in total. The van der Waals surface area contributed by atoms with Gasteiger partial charge in [0.1, 0.15) is 35.4 Å². The molecule has 0 radical (unpaired) electrons. The second-order valence-corrected chi connectivity index (χ2v) is 16.0. The summed E-state index contributed by atoms with van der Waals surface area (Å²) in [4.78, 5) is 62.1. The largest absolute Gasteiger partial charge is 0.508 e. The predicted octanol–water partition coefficient (Wildman–Crippen LogP) is 4.87. The number of aromatic hydroxyl groups is 1. The van der Waals surface area contributed by atoms with Crippen LogP contribution < -0.4 is 10.6 Å². The number of hydrogen-bond acceptors (Lipinski definition) is 11. The van der Waals surface area contributed by atoms with Gasteiger partial charge in [0.15, 0.2) is 0 Å². The van der Waals surface area contributed by atoms with Crippen LogP contribution in [-0.2, 0) is 35.0 Å². The van der Waals surface area contributed by atoms with Gasteiger partial charge >= 0.3 is 5.97 Å². The van der Waals surface area contributed by atoms with Crippen LogP contribution in [0, 0.1) is 17.8 Å². The molecule has 1 aliphatic rings. The summed E-state index contributed by atoms with van der Waals surface area (Å²) in [5.74, 6) is -2.50. The smallest absolute Gasteiger partial charge is 0.306 e. The zero-order valence-electron chi connectivity index (χ0n) is 33.8. The van der Waals surface area contributed by atoms with Crippen molar-refractivity contribution in [2.24, 2.45) is 17.8 Å². The van der Waals surface area contributed by atoms with Gasteiger partial charge < -0.3 is 40.0 Å². The van der Waals surface area contributed by atoms with Crippen LogP contribution >= 0.6 is 11.3 Å². The van der Waals surface area contributed by atoms with E-state index in [1.807, 2.05) is 34.7 Å². The molecule has 14 nitrogen and oxygen atoms in total. The summed E-state index contributed by atoms with van der Waals surface area (Å²) >= 11 is 1.25. The van der Waals surface area contributed by atoms with Gasteiger partial charge in [-0.1, -0.05) is 59.6 Å². The van der Waals surface area contributed by atoms with Crippen LogP contribution in [0.15, 0.2) is 29.6 Å². The normalized spacial score (nSPS) is 18.2. The molecule has 3 amide bonds. The Morgan fingerprint density at radius 3 is 2.35 bits per heavy atom. The highest BCUT2D eigenvalue weighted by molar-refractivity contribution is 7.09. The fourth-order valence-electron chi connectivity index (χ4n) is 6.95. The number of piperidine rings is 1. The molecule has 15 heteroatoms. The van der Waals surface area contributed by atoms with E-state index in [0.29, 0.717) is 37.4 Å². The molecule has 3 rings (SSSR count). The molecule has 2 heterocycles. The molecule has 7 unspecified atom stereocenters. The Balaban J connectivity index is 1.89. The molecule has 1 fully saturated rings. The van der Waals surface area contributed by atoms with E-state index in [4.69, 9.17) is 14.2 Å². The van der Waals surface area contributed by atoms with Gasteiger partial charge in [-0.15, -0.1) is 11.3 Å². The summed E-state index contributed by atoms with van der Waals surface area (Å²) in [7, 11) is 5.05. The van der Waals surface area contributed by atoms with E-state index in [0.717, 1.165) is 31.4 Å². The number of carbonyl (C=O) groups is 4. The van der Waals surface area contributed by atoms with Crippen molar-refractivity contribution in [2.45, 2.75) is 110 Å². The quantitative estimate of drug-likeness (QED) is 0.113. The van der Waals surface area contributed by atoms with Crippen LogP contribution in [0.2, 0.25) is 0 Å². The molecule has 1 aromatic heterocycles. The lowest BCUT2D eigenvalue weighted by molar-refractivity contribution is -0.144. The molecule has 2 aromatic rings. The maximum absolute atomic E-state index is 14.7. The summed E-state index contributed by atoms with van der Waals surface area (Å²) in [5, 5.41) is 27.6. The summed E-state index contributed by atoms with van der Waals surface area (Å²) in [6.45, 7) is 11.0. The van der Waals surface area contributed by atoms with Crippen LogP contribution in [0.25, 0.3) is 0 Å². The number of ether oxygens (including phenoxy) is 3. The first-order valence-corrected chi connectivity index (χ1v) is 20.3. The summed E-state index contributed by atoms with van der Waals surface area (Å²) in [5.41, 5.74) is 0.988. The Morgan fingerprint density at radius 2 is 1.75 bits per heavy atom. The number of likely N-dealkylation sites (tertiary alicyclic amines) is 1. The number of hydrogen-bond donors (Lipinski definition) is 4. The standard InChI is InChI=1S/C40H63N5O9S/c1-9-26(4)35(43-37(48)32-12-10-11-17-44(32)6)39(49)45(18-19-52-7)33(25(2)3)22-34(54-24-53-8)38-42-31(23-55-38)36(47)41-29(20-27(5)40(50)51)21-28-13-15-30(46)16-14-28/h13-16,23,25-27,29,32-35,46H,9-12,17-22,24H2,1-8H3,(H,41,47)(H,43,48)(H,50,51). The molecule has 0 spiro atoms. The minimum absolute atomic E-state index is 0.0353. The maximum atomic E-state index is 14.7. The molecule has 55 heavy (non-hydrogen) atoms. The van der Waals surface area contributed by atoms with Gasteiger partial charge in [0.05, 0.1) is 18.6 Å². The molecule has 1 saturated heterocycles. The van der Waals surface area contributed by atoms with E-state index < -0.39 is 36.0 Å². The first kappa shape index (κ1) is 45.8. The van der Waals surface area contributed by atoms with E-state index in [1.54, 1.807) is 48.6 Å². The number of phenolic OH excluding ortho intramolecular Hbond substituents is 1. The number of rotatable bonds is 23. The van der Waals surface area contributed by atoms with Gasteiger partial charge in [0, 0.05) is 44.6 Å². The maximum Gasteiger partial charge on any atom is 0.306 e. The topological polar surface area (TPSA) is 180 Å². The van der Waals surface area contributed by atoms with E-state index in [1.165, 1.54) is 18.4 Å². The lowest BCUT2D eigenvalue weighted by atomic mass is 9.92. The first-order valence-electron chi connectivity index (χ1n) is 19.4. The molecular formula is C40H63N5O9S. The third-order valence-corrected chi connectivity index (χ3v) is 11.5. The minimum atomic E-state index is -0.966. The molecule has 308 valence electrons. The van der Waals surface area contributed by atoms with Gasteiger partial charge in [0.25, 0.3) is 5.91 Å². The van der Waals surface area contributed by atoms with Crippen LogP contribution in [0.4, 0.5) is 0 Å². The summed E-state index contributed by atoms with van der Waals surface area (Å²) in [6, 6.07) is 4.67. The fourth-order valence-corrected chi connectivity index (χ4v) is 7.81. The summed E-state index contributed by atoms with van der Waals surface area (Å²) in [6.07, 6.45) is 3.68. The molecule has 0 aliphatic carbocycles. The SMILES string of the molecule is CCC(C)C(NC(=O)C1CCCCN1C)C(=O)N(CCOC)C(CC(OCOC)c1nc(C(=O)NC(Cc2ccc(O)cc2)CC(C)C(=O)O)cs1)C(C)C. The molecule has 1 aliphatic heterocycles. The van der Waals surface area contributed by atoms with Crippen molar-refractivity contribution in [1.29, 1.82) is 0 Å². The van der Waals surface area contributed by atoms with Crippen molar-refractivity contribution in [3.05, 3.63) is 45.9 Å².